The molecule has 0 bridgehead atoms. The number of benzene rings is 1. The number of carbonyl (C=O) groups is 3. The van der Waals surface area contributed by atoms with Crippen molar-refractivity contribution in [1.82, 2.24) is 10.2 Å². The van der Waals surface area contributed by atoms with Crippen LogP contribution < -0.4 is 10.2 Å². The number of rotatable bonds is 6. The summed E-state index contributed by atoms with van der Waals surface area (Å²) in [6, 6.07) is 10.0. The summed E-state index contributed by atoms with van der Waals surface area (Å²) in [7, 11) is 0. The summed E-state index contributed by atoms with van der Waals surface area (Å²) < 4.78 is 0. The quantitative estimate of drug-likeness (QED) is 0.788. The minimum Gasteiger partial charge on any atom is -0.480 e. The molecular formula is C16H21N3O4. The van der Waals surface area contributed by atoms with Gasteiger partial charge in [0.2, 0.25) is 11.8 Å². The van der Waals surface area contributed by atoms with Gasteiger partial charge in [0.05, 0.1) is 0 Å². The largest absolute Gasteiger partial charge is 0.480 e. The van der Waals surface area contributed by atoms with Crippen LogP contribution in [0.4, 0.5) is 5.69 Å². The molecule has 1 heterocycles. The van der Waals surface area contributed by atoms with Crippen LogP contribution in [0, 0.1) is 0 Å². The first kappa shape index (κ1) is 16.8. The Labute approximate surface area is 134 Å². The van der Waals surface area contributed by atoms with E-state index in [1.165, 1.54) is 0 Å². The number of aliphatic carboxylic acids is 1. The van der Waals surface area contributed by atoms with Gasteiger partial charge < -0.3 is 20.2 Å². The summed E-state index contributed by atoms with van der Waals surface area (Å²) in [6.07, 6.45) is 0.127. The van der Waals surface area contributed by atoms with Crippen molar-refractivity contribution >= 4 is 23.5 Å². The minimum atomic E-state index is -1.10. The fourth-order valence-corrected chi connectivity index (χ4v) is 2.49. The zero-order valence-electron chi connectivity index (χ0n) is 12.9. The third-order valence-corrected chi connectivity index (χ3v) is 3.76. The molecule has 1 aliphatic heterocycles. The van der Waals surface area contributed by atoms with E-state index < -0.39 is 18.4 Å². The molecule has 2 amide bonds. The van der Waals surface area contributed by atoms with E-state index in [0.717, 1.165) is 18.8 Å². The molecule has 0 aliphatic carbocycles. The maximum Gasteiger partial charge on any atom is 0.322 e. The van der Waals surface area contributed by atoms with Gasteiger partial charge in [0.25, 0.3) is 0 Å². The van der Waals surface area contributed by atoms with Crippen molar-refractivity contribution in [1.29, 1.82) is 0 Å². The maximum atomic E-state index is 12.1. The summed E-state index contributed by atoms with van der Waals surface area (Å²) in [6.45, 7) is 2.37. The summed E-state index contributed by atoms with van der Waals surface area (Å²) >= 11 is 0. The summed E-state index contributed by atoms with van der Waals surface area (Å²) in [5.41, 5.74) is 1.15. The highest BCUT2D eigenvalue weighted by Crippen LogP contribution is 2.16. The van der Waals surface area contributed by atoms with Crippen LogP contribution in [0.3, 0.4) is 0 Å². The Balaban J connectivity index is 1.71. The number of piperazine rings is 1. The molecule has 0 unspecified atom stereocenters. The SMILES string of the molecule is O=C(O)CNC(=O)CCC(=O)N1CCN(c2ccccc2)CC1. The van der Waals surface area contributed by atoms with E-state index in [-0.39, 0.29) is 18.7 Å². The average molecular weight is 319 g/mol. The molecule has 0 atom stereocenters. The van der Waals surface area contributed by atoms with E-state index in [1.807, 2.05) is 30.3 Å². The van der Waals surface area contributed by atoms with E-state index in [1.54, 1.807) is 4.90 Å². The van der Waals surface area contributed by atoms with Crippen LogP contribution in [0.2, 0.25) is 0 Å². The van der Waals surface area contributed by atoms with Gasteiger partial charge in [0.15, 0.2) is 0 Å². The molecule has 124 valence electrons. The lowest BCUT2D eigenvalue weighted by atomic mass is 10.2. The average Bonchev–Trinajstić information content (AvgIpc) is 2.58. The topological polar surface area (TPSA) is 89.9 Å². The van der Waals surface area contributed by atoms with Crippen LogP contribution in [0.5, 0.6) is 0 Å². The molecule has 1 aliphatic rings. The van der Waals surface area contributed by atoms with Crippen molar-refractivity contribution in [2.24, 2.45) is 0 Å². The number of amides is 2. The lowest BCUT2D eigenvalue weighted by Gasteiger charge is -2.36. The Bertz CT molecular complexity index is 554. The second kappa shape index (κ2) is 8.17. The zero-order valence-corrected chi connectivity index (χ0v) is 12.9. The smallest absolute Gasteiger partial charge is 0.322 e. The highest BCUT2D eigenvalue weighted by atomic mass is 16.4. The fourth-order valence-electron chi connectivity index (χ4n) is 2.49. The number of para-hydroxylation sites is 1. The van der Waals surface area contributed by atoms with Gasteiger partial charge in [-0.15, -0.1) is 0 Å². The first-order chi connectivity index (χ1) is 11.1. The summed E-state index contributed by atoms with van der Waals surface area (Å²) in [4.78, 5) is 37.8. The second-order valence-electron chi connectivity index (χ2n) is 5.37. The third-order valence-electron chi connectivity index (χ3n) is 3.76. The van der Waals surface area contributed by atoms with Crippen LogP contribution in [0.25, 0.3) is 0 Å². The van der Waals surface area contributed by atoms with Crippen molar-refractivity contribution < 1.29 is 19.5 Å². The first-order valence-electron chi connectivity index (χ1n) is 7.62. The monoisotopic (exact) mass is 319 g/mol. The van der Waals surface area contributed by atoms with Crippen LogP contribution >= 0.6 is 0 Å². The molecule has 1 aromatic rings. The van der Waals surface area contributed by atoms with E-state index >= 15 is 0 Å². The third kappa shape index (κ3) is 5.28. The van der Waals surface area contributed by atoms with E-state index in [9.17, 15) is 14.4 Å². The molecule has 7 heteroatoms. The number of anilines is 1. The van der Waals surface area contributed by atoms with Crippen LogP contribution in [-0.4, -0.2) is 60.5 Å². The van der Waals surface area contributed by atoms with Gasteiger partial charge in [-0.05, 0) is 12.1 Å². The Kier molecular flexibility index (Phi) is 5.96. The predicted molar refractivity (Wildman–Crippen MR) is 85.1 cm³/mol. The van der Waals surface area contributed by atoms with E-state index in [0.29, 0.717) is 13.1 Å². The van der Waals surface area contributed by atoms with Crippen molar-refractivity contribution in [2.75, 3.05) is 37.6 Å². The Morgan fingerprint density at radius 3 is 2.26 bits per heavy atom. The molecule has 23 heavy (non-hydrogen) atoms. The summed E-state index contributed by atoms with van der Waals surface area (Å²) in [5.74, 6) is -1.58. The van der Waals surface area contributed by atoms with Gasteiger partial charge in [0, 0.05) is 44.7 Å². The number of nitrogens with zero attached hydrogens (tertiary/aromatic N) is 2. The molecule has 0 aromatic heterocycles. The molecule has 1 aromatic carbocycles. The molecule has 0 saturated carbocycles. The number of carboxylic acids is 1. The lowest BCUT2D eigenvalue weighted by molar-refractivity contribution is -0.138. The maximum absolute atomic E-state index is 12.1. The van der Waals surface area contributed by atoms with Gasteiger partial charge in [0.1, 0.15) is 6.54 Å². The van der Waals surface area contributed by atoms with Crippen LogP contribution in [-0.2, 0) is 14.4 Å². The van der Waals surface area contributed by atoms with Crippen molar-refractivity contribution in [2.45, 2.75) is 12.8 Å². The van der Waals surface area contributed by atoms with Gasteiger partial charge in [-0.1, -0.05) is 18.2 Å². The molecule has 0 spiro atoms. The Morgan fingerprint density at radius 2 is 1.65 bits per heavy atom. The highest BCUT2D eigenvalue weighted by Gasteiger charge is 2.21. The standard InChI is InChI=1S/C16H21N3O4/c20-14(17-12-16(22)23)6-7-15(21)19-10-8-18(9-11-19)13-4-2-1-3-5-13/h1-5H,6-12H2,(H,17,20)(H,22,23). The molecule has 2 rings (SSSR count). The minimum absolute atomic E-state index is 0.0189. The van der Waals surface area contributed by atoms with Gasteiger partial charge in [-0.3, -0.25) is 14.4 Å². The molecule has 0 radical (unpaired) electrons. The van der Waals surface area contributed by atoms with Crippen LogP contribution in [0.1, 0.15) is 12.8 Å². The number of hydrogen-bond donors (Lipinski definition) is 2. The lowest BCUT2D eigenvalue weighted by Crippen LogP contribution is -2.49. The Hall–Kier alpha value is -2.57. The van der Waals surface area contributed by atoms with E-state index in [4.69, 9.17) is 5.11 Å². The number of nitrogens with one attached hydrogen (secondary N) is 1. The number of carboxylic acid groups (broad SMARTS) is 1. The Morgan fingerprint density at radius 1 is 1.00 bits per heavy atom. The molecule has 2 N–H and O–H groups in total. The fraction of sp³-hybridized carbons (Fsp3) is 0.438. The normalized spacial score (nSPS) is 14.4. The molecule has 1 fully saturated rings. The summed E-state index contributed by atoms with van der Waals surface area (Å²) in [5, 5.41) is 10.7. The highest BCUT2D eigenvalue weighted by molar-refractivity contribution is 5.85. The van der Waals surface area contributed by atoms with Crippen molar-refractivity contribution in [3.05, 3.63) is 30.3 Å². The first-order valence-corrected chi connectivity index (χ1v) is 7.62. The number of carbonyl (C=O) groups excluding carboxylic acids is 2. The van der Waals surface area contributed by atoms with Crippen molar-refractivity contribution in [3.63, 3.8) is 0 Å². The van der Waals surface area contributed by atoms with E-state index in [2.05, 4.69) is 10.2 Å². The van der Waals surface area contributed by atoms with Gasteiger partial charge >= 0.3 is 5.97 Å². The predicted octanol–water partition coefficient (Wildman–Crippen LogP) is 0.316. The van der Waals surface area contributed by atoms with Crippen molar-refractivity contribution in [3.8, 4) is 0 Å². The molecule has 1 saturated heterocycles. The number of hydrogen-bond acceptors (Lipinski definition) is 4. The molecular weight excluding hydrogens is 298 g/mol. The van der Waals surface area contributed by atoms with Gasteiger partial charge in [-0.2, -0.15) is 0 Å². The zero-order chi connectivity index (χ0) is 16.7. The second-order valence-corrected chi connectivity index (χ2v) is 5.37. The molecule has 7 nitrogen and oxygen atoms in total. The van der Waals surface area contributed by atoms with Crippen LogP contribution in [0.15, 0.2) is 30.3 Å². The van der Waals surface area contributed by atoms with Gasteiger partial charge in [-0.25, -0.2) is 0 Å².